The van der Waals surface area contributed by atoms with Crippen molar-refractivity contribution in [3.05, 3.63) is 37.9 Å². The fourth-order valence-corrected chi connectivity index (χ4v) is 1.60. The molecule has 7 nitrogen and oxygen atoms in total. The van der Waals surface area contributed by atoms with E-state index in [4.69, 9.17) is 28.9 Å². The summed E-state index contributed by atoms with van der Waals surface area (Å²) >= 11 is 11.3. The number of hydrogen-bond donors (Lipinski definition) is 3. The van der Waals surface area contributed by atoms with E-state index in [0.717, 1.165) is 12.1 Å². The van der Waals surface area contributed by atoms with Crippen LogP contribution in [0.5, 0.6) is 0 Å². The summed E-state index contributed by atoms with van der Waals surface area (Å²) in [6.07, 6.45) is -3.85. The maximum absolute atomic E-state index is 10.8. The number of nitro groups is 1. The zero-order valence-electron chi connectivity index (χ0n) is 8.71. The zero-order valence-corrected chi connectivity index (χ0v) is 10.2. The molecular weight excluding hydrogens is 287 g/mol. The van der Waals surface area contributed by atoms with E-state index in [0.29, 0.717) is 0 Å². The predicted molar refractivity (Wildman–Crippen MR) is 63.3 cm³/mol. The van der Waals surface area contributed by atoms with Crippen molar-refractivity contribution < 1.29 is 19.9 Å². The second kappa shape index (κ2) is 5.49. The molecule has 1 aromatic rings. The summed E-state index contributed by atoms with van der Waals surface area (Å²) in [6.45, 7) is 0. The van der Waals surface area contributed by atoms with E-state index in [1.165, 1.54) is 0 Å². The molecule has 2 atom stereocenters. The van der Waals surface area contributed by atoms with Crippen LogP contribution in [-0.4, -0.2) is 27.1 Å². The lowest BCUT2D eigenvalue weighted by Gasteiger charge is -2.15. The van der Waals surface area contributed by atoms with Gasteiger partial charge in [0.1, 0.15) is 6.10 Å². The highest BCUT2D eigenvalue weighted by Gasteiger charge is 2.30. The molecule has 0 aromatic heterocycles. The number of primary amides is 1. The van der Waals surface area contributed by atoms with Crippen LogP contribution in [0.4, 0.5) is 5.69 Å². The Labute approximate surface area is 111 Å². The van der Waals surface area contributed by atoms with Gasteiger partial charge in [0.15, 0.2) is 6.10 Å². The third-order valence-electron chi connectivity index (χ3n) is 2.18. The van der Waals surface area contributed by atoms with Crippen molar-refractivity contribution in [2.45, 2.75) is 12.2 Å². The van der Waals surface area contributed by atoms with Gasteiger partial charge in [-0.05, 0) is 6.07 Å². The fourth-order valence-electron chi connectivity index (χ4n) is 1.27. The van der Waals surface area contributed by atoms with E-state index >= 15 is 0 Å². The Hall–Kier alpha value is -1.41. The van der Waals surface area contributed by atoms with E-state index < -0.39 is 28.7 Å². The summed E-state index contributed by atoms with van der Waals surface area (Å²) in [5.41, 5.74) is 3.87. The molecule has 0 aliphatic heterocycles. The molecule has 1 rings (SSSR count). The van der Waals surface area contributed by atoms with Gasteiger partial charge in [-0.2, -0.15) is 0 Å². The molecule has 98 valence electrons. The Morgan fingerprint density at radius 1 is 1.33 bits per heavy atom. The highest BCUT2D eigenvalue weighted by atomic mass is 35.5. The number of rotatable bonds is 4. The van der Waals surface area contributed by atoms with Crippen LogP contribution in [0.25, 0.3) is 0 Å². The number of nitrogens with zero attached hydrogens (tertiary/aromatic N) is 1. The first-order valence-corrected chi connectivity index (χ1v) is 5.30. The first-order chi connectivity index (χ1) is 8.25. The molecule has 0 aliphatic carbocycles. The number of nitro benzene ring substituents is 1. The Kier molecular flexibility index (Phi) is 4.47. The molecule has 18 heavy (non-hydrogen) atoms. The second-order valence-electron chi connectivity index (χ2n) is 3.37. The van der Waals surface area contributed by atoms with Crippen molar-refractivity contribution >= 4 is 34.8 Å². The van der Waals surface area contributed by atoms with Gasteiger partial charge in [-0.1, -0.05) is 23.2 Å². The summed E-state index contributed by atoms with van der Waals surface area (Å²) in [5, 5.41) is 29.6. The molecule has 0 heterocycles. The summed E-state index contributed by atoms with van der Waals surface area (Å²) in [7, 11) is 0. The van der Waals surface area contributed by atoms with Crippen molar-refractivity contribution in [2.75, 3.05) is 0 Å². The first-order valence-electron chi connectivity index (χ1n) is 4.54. The normalized spacial score (nSPS) is 14.0. The van der Waals surface area contributed by atoms with E-state index in [9.17, 15) is 25.1 Å². The van der Waals surface area contributed by atoms with Crippen LogP contribution in [0.3, 0.4) is 0 Å². The smallest absolute Gasteiger partial charge is 0.276 e. The molecular formula is C9H8Cl2N2O5. The maximum atomic E-state index is 10.8. The third-order valence-corrected chi connectivity index (χ3v) is 2.90. The maximum Gasteiger partial charge on any atom is 0.276 e. The lowest BCUT2D eigenvalue weighted by Crippen LogP contribution is -2.34. The molecule has 0 fully saturated rings. The molecule has 1 amide bonds. The lowest BCUT2D eigenvalue weighted by molar-refractivity contribution is -0.386. The fraction of sp³-hybridized carbons (Fsp3) is 0.222. The summed E-state index contributed by atoms with van der Waals surface area (Å²) in [6, 6.07) is 1.91. The van der Waals surface area contributed by atoms with Crippen LogP contribution in [-0.2, 0) is 4.79 Å². The van der Waals surface area contributed by atoms with Crippen LogP contribution in [0.1, 0.15) is 11.7 Å². The summed E-state index contributed by atoms with van der Waals surface area (Å²) in [4.78, 5) is 20.7. The number of aliphatic hydroxyl groups excluding tert-OH is 2. The number of nitrogens with two attached hydrogens (primary N) is 1. The molecule has 0 aliphatic rings. The van der Waals surface area contributed by atoms with Crippen molar-refractivity contribution in [1.29, 1.82) is 0 Å². The Morgan fingerprint density at radius 2 is 1.83 bits per heavy atom. The van der Waals surface area contributed by atoms with Gasteiger partial charge >= 0.3 is 0 Å². The Morgan fingerprint density at radius 3 is 2.28 bits per heavy atom. The van der Waals surface area contributed by atoms with Gasteiger partial charge < -0.3 is 15.9 Å². The zero-order chi connectivity index (χ0) is 14.0. The van der Waals surface area contributed by atoms with E-state index in [-0.39, 0.29) is 15.6 Å². The molecule has 0 radical (unpaired) electrons. The minimum atomic E-state index is -1.99. The van der Waals surface area contributed by atoms with Crippen molar-refractivity contribution in [1.82, 2.24) is 0 Å². The molecule has 0 spiro atoms. The molecule has 0 saturated carbocycles. The number of amides is 1. The van der Waals surface area contributed by atoms with E-state index in [2.05, 4.69) is 0 Å². The second-order valence-corrected chi connectivity index (χ2v) is 4.19. The molecule has 1 aromatic carbocycles. The minimum Gasteiger partial charge on any atom is -0.385 e. The van der Waals surface area contributed by atoms with Gasteiger partial charge in [0.05, 0.1) is 20.5 Å². The molecule has 4 N–H and O–H groups in total. The van der Waals surface area contributed by atoms with Gasteiger partial charge in [-0.15, -0.1) is 0 Å². The number of halogens is 2. The minimum absolute atomic E-state index is 0.0620. The monoisotopic (exact) mass is 294 g/mol. The van der Waals surface area contributed by atoms with E-state index in [1.807, 2.05) is 0 Å². The van der Waals surface area contributed by atoms with Crippen LogP contribution < -0.4 is 5.73 Å². The van der Waals surface area contributed by atoms with Gasteiger partial charge in [0.2, 0.25) is 5.91 Å². The lowest BCUT2D eigenvalue weighted by atomic mass is 10.0. The molecule has 0 saturated heterocycles. The van der Waals surface area contributed by atoms with Crippen molar-refractivity contribution in [3.8, 4) is 0 Å². The standard InChI is InChI=1S/C9H8Cl2N2O5/c10-4-1-3(7(14)8(15)9(12)16)6(13(17)18)2-5(4)11/h1-2,7-8,14-15H,(H2,12,16). The quantitative estimate of drug-likeness (QED) is 0.559. The highest BCUT2D eigenvalue weighted by molar-refractivity contribution is 6.42. The average Bonchev–Trinajstić information content (AvgIpc) is 2.29. The SMILES string of the molecule is NC(=O)C(O)C(O)c1cc(Cl)c(Cl)cc1[N+](=O)[O-]. The Bertz CT molecular complexity index is 508. The van der Waals surface area contributed by atoms with Gasteiger partial charge in [0.25, 0.3) is 5.69 Å². The summed E-state index contributed by atoms with van der Waals surface area (Å²) in [5.74, 6) is -1.22. The van der Waals surface area contributed by atoms with Gasteiger partial charge in [-0.3, -0.25) is 14.9 Å². The number of aliphatic hydroxyl groups is 2. The van der Waals surface area contributed by atoms with Crippen LogP contribution in [0.15, 0.2) is 12.1 Å². The molecule has 9 heteroatoms. The molecule has 0 bridgehead atoms. The number of carbonyl (C=O) groups excluding carboxylic acids is 1. The number of carbonyl (C=O) groups is 1. The van der Waals surface area contributed by atoms with Crippen LogP contribution in [0.2, 0.25) is 10.0 Å². The van der Waals surface area contributed by atoms with Crippen LogP contribution >= 0.6 is 23.2 Å². The van der Waals surface area contributed by atoms with Crippen molar-refractivity contribution in [3.63, 3.8) is 0 Å². The predicted octanol–water partition coefficient (Wildman–Crippen LogP) is 0.781. The average molecular weight is 295 g/mol. The van der Waals surface area contributed by atoms with E-state index in [1.54, 1.807) is 0 Å². The number of hydrogen-bond acceptors (Lipinski definition) is 5. The largest absolute Gasteiger partial charge is 0.385 e. The van der Waals surface area contributed by atoms with Crippen molar-refractivity contribution in [2.24, 2.45) is 5.73 Å². The number of benzene rings is 1. The van der Waals surface area contributed by atoms with Gasteiger partial charge in [-0.25, -0.2) is 0 Å². The topological polar surface area (TPSA) is 127 Å². The first kappa shape index (κ1) is 14.7. The summed E-state index contributed by atoms with van der Waals surface area (Å²) < 4.78 is 0. The molecule has 2 unspecified atom stereocenters. The van der Waals surface area contributed by atoms with Gasteiger partial charge in [0, 0.05) is 6.07 Å². The Balaban J connectivity index is 3.34. The highest BCUT2D eigenvalue weighted by Crippen LogP contribution is 2.34. The van der Waals surface area contributed by atoms with Crippen LogP contribution in [0, 0.1) is 10.1 Å². The third kappa shape index (κ3) is 2.88.